The van der Waals surface area contributed by atoms with Gasteiger partial charge in [0.15, 0.2) is 11.6 Å². The molecule has 0 spiro atoms. The van der Waals surface area contributed by atoms with Crippen LogP contribution in [0, 0.1) is 5.82 Å². The van der Waals surface area contributed by atoms with E-state index < -0.39 is 22.9 Å². The second-order valence-electron chi connectivity index (χ2n) is 11.6. The number of nitrogens with zero attached hydrogens (tertiary/aromatic N) is 3. The summed E-state index contributed by atoms with van der Waals surface area (Å²) in [5, 5.41) is 20.2. The number of hydrogen-bond acceptors (Lipinski definition) is 8. The predicted octanol–water partition coefficient (Wildman–Crippen LogP) is 4.10. The van der Waals surface area contributed by atoms with Crippen molar-refractivity contribution in [1.82, 2.24) is 30.9 Å². The molecule has 1 aliphatic rings. The number of amides is 2. The van der Waals surface area contributed by atoms with Gasteiger partial charge in [0.2, 0.25) is 0 Å². The molecule has 2 amide bonds. The van der Waals surface area contributed by atoms with Crippen LogP contribution in [0.15, 0.2) is 61.1 Å². The summed E-state index contributed by atoms with van der Waals surface area (Å²) in [5.41, 5.74) is 0.456. The fourth-order valence-corrected chi connectivity index (χ4v) is 5.05. The van der Waals surface area contributed by atoms with Gasteiger partial charge in [-0.2, -0.15) is 0 Å². The molecule has 0 aliphatic carbocycles. The van der Waals surface area contributed by atoms with Crippen LogP contribution in [0.25, 0.3) is 10.9 Å². The summed E-state index contributed by atoms with van der Waals surface area (Å²) in [5.74, 6) is -2.86. The molecule has 2 atom stereocenters. The molecule has 0 saturated carbocycles. The lowest BCUT2D eigenvalue weighted by molar-refractivity contribution is 0.0880. The highest BCUT2D eigenvalue weighted by Gasteiger charge is 2.28. The molecule has 12 heteroatoms. The topological polar surface area (TPSA) is 146 Å². The first kappa shape index (κ1) is 32.4. The maximum Gasteiger partial charge on any atom is 0.270 e. The molecule has 1 fully saturated rings. The van der Waals surface area contributed by atoms with Crippen LogP contribution in [0.4, 0.5) is 4.39 Å². The van der Waals surface area contributed by atoms with Crippen molar-refractivity contribution < 1.29 is 23.9 Å². The van der Waals surface area contributed by atoms with Crippen molar-refractivity contribution in [3.05, 3.63) is 95.0 Å². The Morgan fingerprint density at radius 1 is 0.977 bits per heavy atom. The first-order valence-corrected chi connectivity index (χ1v) is 14.1. The molecule has 1 saturated heterocycles. The van der Waals surface area contributed by atoms with Gasteiger partial charge in [-0.25, -0.2) is 19.3 Å². The lowest BCUT2D eigenvalue weighted by Crippen LogP contribution is -2.54. The van der Waals surface area contributed by atoms with Gasteiger partial charge in [0.1, 0.15) is 28.9 Å². The van der Waals surface area contributed by atoms with Gasteiger partial charge >= 0.3 is 0 Å². The van der Waals surface area contributed by atoms with Crippen LogP contribution in [0.1, 0.15) is 76.1 Å². The molecule has 3 heterocycles. The summed E-state index contributed by atoms with van der Waals surface area (Å²) in [6.45, 7) is 7.06. The number of carbonyl (C=O) groups excluding carboxylic acids is 3. The van der Waals surface area contributed by atoms with Crippen molar-refractivity contribution in [1.29, 1.82) is 0 Å². The van der Waals surface area contributed by atoms with Crippen molar-refractivity contribution in [2.45, 2.75) is 51.1 Å². The summed E-state index contributed by atoms with van der Waals surface area (Å²) >= 11 is 0. The number of aromatic nitrogens is 3. The maximum atomic E-state index is 15.6. The maximum absolute atomic E-state index is 15.6. The second kappa shape index (κ2) is 13.4. The van der Waals surface area contributed by atoms with Crippen LogP contribution in [0.2, 0.25) is 0 Å². The molecule has 0 radical (unpaired) electrons. The van der Waals surface area contributed by atoms with Crippen LogP contribution in [0.3, 0.4) is 0 Å². The van der Waals surface area contributed by atoms with Crippen LogP contribution >= 0.6 is 12.4 Å². The van der Waals surface area contributed by atoms with E-state index in [2.05, 4.69) is 30.9 Å². The van der Waals surface area contributed by atoms with E-state index in [1.54, 1.807) is 12.1 Å². The quantitative estimate of drug-likeness (QED) is 0.236. The van der Waals surface area contributed by atoms with E-state index in [4.69, 9.17) is 0 Å². The summed E-state index contributed by atoms with van der Waals surface area (Å²) in [7, 11) is 0. The van der Waals surface area contributed by atoms with Crippen molar-refractivity contribution in [3.8, 4) is 5.75 Å². The zero-order chi connectivity index (χ0) is 30.7. The number of ketones is 1. The van der Waals surface area contributed by atoms with Crippen LogP contribution in [-0.2, 0) is 5.41 Å². The number of carbonyl (C=O) groups is 3. The zero-order valence-electron chi connectivity index (χ0n) is 24.6. The molecule has 5 rings (SSSR count). The summed E-state index contributed by atoms with van der Waals surface area (Å²) in [4.78, 5) is 51.5. The fraction of sp³-hybridized carbons (Fsp3) is 0.312. The van der Waals surface area contributed by atoms with Gasteiger partial charge in [0.25, 0.3) is 11.8 Å². The summed E-state index contributed by atoms with van der Waals surface area (Å²) < 4.78 is 15.6. The molecule has 0 bridgehead atoms. The molecular weight excluding hydrogens is 587 g/mol. The first-order valence-electron chi connectivity index (χ1n) is 14.1. The van der Waals surface area contributed by atoms with E-state index in [1.165, 1.54) is 48.9 Å². The molecule has 44 heavy (non-hydrogen) atoms. The van der Waals surface area contributed by atoms with Gasteiger partial charge in [-0.1, -0.05) is 39.0 Å². The standard InChI is InChI=1S/C32H33FN6O4.ClH/c1-32(2,3)25-11-10-20-15-24(40)26(27(33)28(20)39-25)29(41)18-6-8-19(9-7-18)30(42)37-21-5-4-13-34-16-23(21)38-31(43)22-12-14-35-17-36-22;/h6-12,14-15,17,21,23,34,40H,4-5,13,16H2,1-3H3,(H,37,42)(H,38,43);1H/t21-,23-;/m1./s1. The van der Waals surface area contributed by atoms with Gasteiger partial charge in [-0.15, -0.1) is 12.4 Å². The Hall–Kier alpha value is -4.48. The minimum Gasteiger partial charge on any atom is -0.507 e. The third-order valence-corrected chi connectivity index (χ3v) is 7.47. The Balaban J connectivity index is 0.00000442. The highest BCUT2D eigenvalue weighted by molar-refractivity contribution is 6.13. The average molecular weight is 621 g/mol. The number of rotatable bonds is 6. The molecule has 2 aromatic heterocycles. The molecule has 10 nitrogen and oxygen atoms in total. The largest absolute Gasteiger partial charge is 0.507 e. The summed E-state index contributed by atoms with van der Waals surface area (Å²) in [6.07, 6.45) is 4.21. The Kier molecular flexibility index (Phi) is 9.91. The van der Waals surface area contributed by atoms with Crippen LogP contribution in [0.5, 0.6) is 5.75 Å². The molecule has 1 aliphatic heterocycles. The first-order chi connectivity index (χ1) is 20.5. The zero-order valence-corrected chi connectivity index (χ0v) is 25.4. The highest BCUT2D eigenvalue weighted by atomic mass is 35.5. The van der Waals surface area contributed by atoms with Crippen molar-refractivity contribution in [2.75, 3.05) is 13.1 Å². The number of phenolic OH excluding ortho intramolecular Hbond substituents is 1. The minimum atomic E-state index is -0.898. The number of hydrogen-bond donors (Lipinski definition) is 4. The van der Waals surface area contributed by atoms with E-state index in [0.717, 1.165) is 13.0 Å². The molecule has 2 aromatic carbocycles. The lowest BCUT2D eigenvalue weighted by atomic mass is 9.91. The summed E-state index contributed by atoms with van der Waals surface area (Å²) in [6, 6.07) is 11.3. The third-order valence-electron chi connectivity index (χ3n) is 7.47. The van der Waals surface area contributed by atoms with E-state index in [9.17, 15) is 19.5 Å². The molecule has 4 aromatic rings. The Labute approximate surface area is 260 Å². The number of nitrogens with one attached hydrogen (secondary N) is 3. The fourth-order valence-electron chi connectivity index (χ4n) is 5.05. The predicted molar refractivity (Wildman–Crippen MR) is 166 cm³/mol. The normalized spacial score (nSPS) is 16.8. The number of fused-ring (bicyclic) bond motifs is 1. The van der Waals surface area contributed by atoms with Gasteiger partial charge in [-0.05, 0) is 49.7 Å². The van der Waals surface area contributed by atoms with Gasteiger partial charge in [-0.3, -0.25) is 14.4 Å². The van der Waals surface area contributed by atoms with Crippen LogP contribution < -0.4 is 16.0 Å². The van der Waals surface area contributed by atoms with Crippen molar-refractivity contribution in [2.24, 2.45) is 0 Å². The Morgan fingerprint density at radius 2 is 1.68 bits per heavy atom. The number of phenols is 1. The monoisotopic (exact) mass is 620 g/mol. The van der Waals surface area contributed by atoms with E-state index in [1.807, 2.05) is 20.8 Å². The highest BCUT2D eigenvalue weighted by Crippen LogP contribution is 2.32. The molecule has 230 valence electrons. The lowest BCUT2D eigenvalue weighted by Gasteiger charge is -2.27. The van der Waals surface area contributed by atoms with Crippen molar-refractivity contribution >= 4 is 40.9 Å². The number of aromatic hydroxyl groups is 1. The second-order valence-corrected chi connectivity index (χ2v) is 11.6. The molecule has 0 unspecified atom stereocenters. The van der Waals surface area contributed by atoms with Gasteiger partial charge < -0.3 is 21.1 Å². The van der Waals surface area contributed by atoms with Gasteiger partial charge in [0.05, 0.1) is 12.1 Å². The van der Waals surface area contributed by atoms with Crippen LogP contribution in [-0.4, -0.2) is 62.8 Å². The number of benzene rings is 2. The van der Waals surface area contributed by atoms with Gasteiger partial charge in [0, 0.05) is 40.4 Å². The third kappa shape index (κ3) is 7.00. The smallest absolute Gasteiger partial charge is 0.270 e. The molecular formula is C32H34ClFN6O4. The van der Waals surface area contributed by atoms with E-state index in [-0.39, 0.29) is 64.1 Å². The SMILES string of the molecule is CC(C)(C)c1ccc2cc(O)c(C(=O)c3ccc(C(=O)N[C@@H]4CCCNC[C@H]4NC(=O)c4ccncn4)cc3)c(F)c2n1.Cl. The minimum absolute atomic E-state index is 0. The molecule has 4 N–H and O–H groups in total. The Bertz CT molecular complexity index is 1680. The number of halogens is 2. The number of pyridine rings is 1. The van der Waals surface area contributed by atoms with E-state index in [0.29, 0.717) is 24.0 Å². The van der Waals surface area contributed by atoms with E-state index >= 15 is 4.39 Å². The van der Waals surface area contributed by atoms with Crippen molar-refractivity contribution in [3.63, 3.8) is 0 Å². The average Bonchev–Trinajstić information content (AvgIpc) is 3.21. The Morgan fingerprint density at radius 3 is 2.36 bits per heavy atom.